The molecule has 0 bridgehead atoms. The van der Waals surface area contributed by atoms with Gasteiger partial charge >= 0.3 is 0 Å². The van der Waals surface area contributed by atoms with E-state index in [-0.39, 0.29) is 10.8 Å². The summed E-state index contributed by atoms with van der Waals surface area (Å²) in [4.78, 5) is 12.6. The number of quaternary nitrogens is 1. The molecule has 0 saturated carbocycles. The van der Waals surface area contributed by atoms with Gasteiger partial charge in [-0.05, 0) is 36.4 Å². The maximum atomic E-state index is 12.6. The van der Waals surface area contributed by atoms with Crippen molar-refractivity contribution in [3.63, 3.8) is 0 Å². The molecule has 0 saturated heterocycles. The molecule has 0 atom stereocenters. The topological polar surface area (TPSA) is 70.0 Å². The summed E-state index contributed by atoms with van der Waals surface area (Å²) in [5.41, 5.74) is 1.24. The number of rotatable bonds is 8. The van der Waals surface area contributed by atoms with Crippen molar-refractivity contribution in [2.24, 2.45) is 0 Å². The number of hydrogen-bond donors (Lipinski definition) is 1. The number of ether oxygens (including phenoxy) is 2. The second-order valence-electron chi connectivity index (χ2n) is 5.98. The number of aromatic nitrogens is 2. The molecule has 3 rings (SSSR count). The Morgan fingerprint density at radius 3 is 2.68 bits per heavy atom. The fraction of sp³-hybridized carbons (Fsp3) is 0.143. The summed E-state index contributed by atoms with van der Waals surface area (Å²) >= 11 is 6.26. The third-order valence-electron chi connectivity index (χ3n) is 4.05. The fourth-order valence-corrected chi connectivity index (χ4v) is 2.82. The van der Waals surface area contributed by atoms with Gasteiger partial charge in [0.05, 0.1) is 25.5 Å². The highest BCUT2D eigenvalue weighted by atomic mass is 35.5. The van der Waals surface area contributed by atoms with Crippen LogP contribution in [-0.4, -0.2) is 23.4 Å². The molecule has 0 spiro atoms. The molecule has 2 N–H and O–H groups in total. The zero-order valence-electron chi connectivity index (χ0n) is 15.5. The van der Waals surface area contributed by atoms with Crippen molar-refractivity contribution < 1.29 is 14.8 Å². The summed E-state index contributed by atoms with van der Waals surface area (Å²) in [5, 5.41) is 6.23. The number of benzene rings is 2. The van der Waals surface area contributed by atoms with Crippen LogP contribution < -0.4 is 20.3 Å². The minimum atomic E-state index is -0.458. The average molecular weight is 399 g/mol. The molecule has 0 amide bonds. The minimum absolute atomic E-state index is 0.0516. The normalized spacial score (nSPS) is 10.5. The van der Waals surface area contributed by atoms with Crippen LogP contribution in [0.2, 0.25) is 5.02 Å². The molecule has 0 aliphatic carbocycles. The highest BCUT2D eigenvalue weighted by Gasteiger charge is 2.15. The van der Waals surface area contributed by atoms with Crippen molar-refractivity contribution in [2.45, 2.75) is 6.54 Å². The first-order valence-corrected chi connectivity index (χ1v) is 9.12. The van der Waals surface area contributed by atoms with Gasteiger partial charge in [-0.2, -0.15) is 9.78 Å². The first kappa shape index (κ1) is 19.7. The molecule has 0 aliphatic rings. The Labute approximate surface area is 168 Å². The maximum Gasteiger partial charge on any atom is 0.294 e. The molecule has 0 fully saturated rings. The predicted molar refractivity (Wildman–Crippen MR) is 109 cm³/mol. The standard InChI is InChI=1S/C21H20ClN3O3/c1-3-11-23-13-15-9-10-17(18(12-15)27-2)28-19-14-24-25(21(26)20(19)22)16-7-5-4-6-8-16/h3-10,12,14,23H,1,11,13H2,2H3/p+1. The molecule has 1 heterocycles. The Morgan fingerprint density at radius 2 is 1.96 bits per heavy atom. The Kier molecular flexibility index (Phi) is 6.47. The highest BCUT2D eigenvalue weighted by molar-refractivity contribution is 6.31. The average Bonchev–Trinajstić information content (AvgIpc) is 2.73. The summed E-state index contributed by atoms with van der Waals surface area (Å²) in [6.07, 6.45) is 3.27. The molecular formula is C21H21ClN3O3+. The summed E-state index contributed by atoms with van der Waals surface area (Å²) in [6, 6.07) is 14.7. The van der Waals surface area contributed by atoms with Gasteiger partial charge < -0.3 is 14.8 Å². The van der Waals surface area contributed by atoms with Gasteiger partial charge in [0, 0.05) is 5.56 Å². The monoisotopic (exact) mass is 398 g/mol. The summed E-state index contributed by atoms with van der Waals surface area (Å²) in [6.45, 7) is 5.33. The number of halogens is 1. The molecule has 0 unspecified atom stereocenters. The molecule has 3 aromatic rings. The number of nitrogens with zero attached hydrogens (tertiary/aromatic N) is 2. The largest absolute Gasteiger partial charge is 0.493 e. The van der Waals surface area contributed by atoms with Crippen molar-refractivity contribution in [3.8, 4) is 22.9 Å². The van der Waals surface area contributed by atoms with E-state index in [2.05, 4.69) is 17.0 Å². The van der Waals surface area contributed by atoms with Crippen LogP contribution in [-0.2, 0) is 6.54 Å². The van der Waals surface area contributed by atoms with Gasteiger partial charge in [-0.15, -0.1) is 0 Å². The zero-order valence-corrected chi connectivity index (χ0v) is 16.2. The lowest BCUT2D eigenvalue weighted by atomic mass is 10.2. The van der Waals surface area contributed by atoms with Crippen LogP contribution in [0.1, 0.15) is 5.56 Å². The van der Waals surface area contributed by atoms with E-state index >= 15 is 0 Å². The van der Waals surface area contributed by atoms with E-state index in [4.69, 9.17) is 21.1 Å². The van der Waals surface area contributed by atoms with Crippen molar-refractivity contribution in [2.75, 3.05) is 13.7 Å². The van der Waals surface area contributed by atoms with Crippen LogP contribution in [0, 0.1) is 0 Å². The molecule has 7 heteroatoms. The summed E-state index contributed by atoms with van der Waals surface area (Å²) in [5.74, 6) is 1.17. The van der Waals surface area contributed by atoms with E-state index in [1.165, 1.54) is 10.9 Å². The molecule has 6 nitrogen and oxygen atoms in total. The summed E-state index contributed by atoms with van der Waals surface area (Å²) < 4.78 is 12.5. The number of hydrogen-bond acceptors (Lipinski definition) is 4. The predicted octanol–water partition coefficient (Wildman–Crippen LogP) is 2.94. The Hall–Kier alpha value is -3.09. The minimum Gasteiger partial charge on any atom is -0.493 e. The van der Waals surface area contributed by atoms with Gasteiger partial charge in [-0.1, -0.05) is 36.4 Å². The molecule has 0 radical (unpaired) electrons. The molecule has 144 valence electrons. The van der Waals surface area contributed by atoms with Crippen LogP contribution in [0.25, 0.3) is 5.69 Å². The first-order valence-electron chi connectivity index (χ1n) is 8.74. The van der Waals surface area contributed by atoms with E-state index < -0.39 is 5.56 Å². The lowest BCUT2D eigenvalue weighted by molar-refractivity contribution is -0.662. The lowest BCUT2D eigenvalue weighted by Crippen LogP contribution is -2.82. The van der Waals surface area contributed by atoms with Crippen LogP contribution in [0.4, 0.5) is 0 Å². The molecule has 0 aliphatic heterocycles. The molecule has 28 heavy (non-hydrogen) atoms. The van der Waals surface area contributed by atoms with Gasteiger partial charge in [0.15, 0.2) is 22.3 Å². The van der Waals surface area contributed by atoms with Gasteiger partial charge in [0.25, 0.3) is 5.56 Å². The first-order chi connectivity index (χ1) is 13.6. The van der Waals surface area contributed by atoms with E-state index in [1.54, 1.807) is 25.3 Å². The van der Waals surface area contributed by atoms with Crippen LogP contribution in [0.3, 0.4) is 0 Å². The van der Waals surface area contributed by atoms with E-state index in [9.17, 15) is 4.79 Å². The van der Waals surface area contributed by atoms with Crippen molar-refractivity contribution in [3.05, 3.63) is 88.3 Å². The number of para-hydroxylation sites is 1. The van der Waals surface area contributed by atoms with Crippen LogP contribution >= 0.6 is 11.6 Å². The van der Waals surface area contributed by atoms with Crippen LogP contribution in [0.5, 0.6) is 17.2 Å². The van der Waals surface area contributed by atoms with Crippen molar-refractivity contribution >= 4 is 11.6 Å². The third-order valence-corrected chi connectivity index (χ3v) is 4.40. The Balaban J connectivity index is 1.86. The number of methoxy groups -OCH3 is 1. The Morgan fingerprint density at radius 1 is 1.18 bits per heavy atom. The van der Waals surface area contributed by atoms with Gasteiger partial charge in [-0.3, -0.25) is 4.79 Å². The van der Waals surface area contributed by atoms with Crippen molar-refractivity contribution in [1.82, 2.24) is 9.78 Å². The Bertz CT molecular complexity index is 1020. The van der Waals surface area contributed by atoms with Crippen LogP contribution in [0.15, 0.2) is 72.2 Å². The van der Waals surface area contributed by atoms with E-state index in [0.717, 1.165) is 18.7 Å². The number of nitrogens with two attached hydrogens (primary N) is 1. The fourth-order valence-electron chi connectivity index (χ4n) is 2.65. The second-order valence-corrected chi connectivity index (χ2v) is 6.36. The SMILES string of the molecule is C=CC[NH2+]Cc1ccc(Oc2cnn(-c3ccccc3)c(=O)c2Cl)c(OC)c1. The van der Waals surface area contributed by atoms with Gasteiger partial charge in [-0.25, -0.2) is 0 Å². The summed E-state index contributed by atoms with van der Waals surface area (Å²) in [7, 11) is 1.56. The van der Waals surface area contributed by atoms with Gasteiger partial charge in [0.2, 0.25) is 0 Å². The van der Waals surface area contributed by atoms with E-state index in [1.807, 2.05) is 36.4 Å². The molecule has 2 aromatic carbocycles. The molecule has 1 aromatic heterocycles. The quantitative estimate of drug-likeness (QED) is 0.468. The van der Waals surface area contributed by atoms with Gasteiger partial charge in [0.1, 0.15) is 6.54 Å². The maximum absolute atomic E-state index is 12.6. The highest BCUT2D eigenvalue weighted by Crippen LogP contribution is 2.34. The van der Waals surface area contributed by atoms with E-state index in [0.29, 0.717) is 17.2 Å². The smallest absolute Gasteiger partial charge is 0.294 e. The zero-order chi connectivity index (χ0) is 19.9. The molecular weight excluding hydrogens is 378 g/mol. The lowest BCUT2D eigenvalue weighted by Gasteiger charge is -2.13. The third kappa shape index (κ3) is 4.42. The van der Waals surface area contributed by atoms with Crippen molar-refractivity contribution in [1.29, 1.82) is 0 Å². The second kappa shape index (κ2) is 9.21.